The fourth-order valence-electron chi connectivity index (χ4n) is 2.31. The zero-order chi connectivity index (χ0) is 14.5. The number of nitrogen functional groups attached to an aromatic ring is 2. The van der Waals surface area contributed by atoms with Gasteiger partial charge in [0.1, 0.15) is 0 Å². The molecule has 0 saturated heterocycles. The van der Waals surface area contributed by atoms with E-state index in [1.807, 2.05) is 24.3 Å². The van der Waals surface area contributed by atoms with Gasteiger partial charge in [-0.15, -0.1) is 0 Å². The lowest BCUT2D eigenvalue weighted by molar-refractivity contribution is 0.962. The van der Waals surface area contributed by atoms with Crippen molar-refractivity contribution in [3.63, 3.8) is 0 Å². The quantitative estimate of drug-likeness (QED) is 0.803. The van der Waals surface area contributed by atoms with Crippen molar-refractivity contribution in [2.75, 3.05) is 11.5 Å². The summed E-state index contributed by atoms with van der Waals surface area (Å²) in [4.78, 5) is 0. The van der Waals surface area contributed by atoms with Crippen LogP contribution in [0.4, 0.5) is 11.4 Å². The molecule has 0 saturated carbocycles. The van der Waals surface area contributed by atoms with Crippen molar-refractivity contribution < 1.29 is 0 Å². The summed E-state index contributed by atoms with van der Waals surface area (Å²) >= 11 is 0. The standard InChI is InChI=1S/C18H22N2/c1-3-14(16-6-10-18(20)11-7-16)12-13(2)15-4-8-17(19)9-5-15/h4-13H,3,19-20H2,1-2H3. The van der Waals surface area contributed by atoms with Gasteiger partial charge in [0.05, 0.1) is 0 Å². The highest BCUT2D eigenvalue weighted by atomic mass is 14.5. The molecule has 2 heteroatoms. The van der Waals surface area contributed by atoms with Crippen LogP contribution in [0.2, 0.25) is 0 Å². The van der Waals surface area contributed by atoms with Crippen LogP contribution >= 0.6 is 0 Å². The fourth-order valence-corrected chi connectivity index (χ4v) is 2.31. The maximum absolute atomic E-state index is 5.74. The monoisotopic (exact) mass is 266 g/mol. The molecule has 0 aliphatic carbocycles. The van der Waals surface area contributed by atoms with Gasteiger partial charge in [0.25, 0.3) is 0 Å². The first kappa shape index (κ1) is 14.2. The Morgan fingerprint density at radius 3 is 1.95 bits per heavy atom. The molecule has 2 aromatic rings. The van der Waals surface area contributed by atoms with Gasteiger partial charge >= 0.3 is 0 Å². The summed E-state index contributed by atoms with van der Waals surface area (Å²) in [6.07, 6.45) is 3.32. The minimum absolute atomic E-state index is 0.364. The van der Waals surface area contributed by atoms with Crippen molar-refractivity contribution in [3.05, 3.63) is 65.7 Å². The molecule has 0 radical (unpaired) electrons. The summed E-state index contributed by atoms with van der Waals surface area (Å²) in [5.41, 5.74) is 16.9. The van der Waals surface area contributed by atoms with Crippen LogP contribution in [0.25, 0.3) is 5.57 Å². The van der Waals surface area contributed by atoms with Gasteiger partial charge in [-0.3, -0.25) is 0 Å². The van der Waals surface area contributed by atoms with Crippen LogP contribution in [0.5, 0.6) is 0 Å². The minimum atomic E-state index is 0.364. The van der Waals surface area contributed by atoms with Gasteiger partial charge in [-0.1, -0.05) is 44.2 Å². The number of hydrogen-bond acceptors (Lipinski definition) is 2. The topological polar surface area (TPSA) is 52.0 Å². The molecule has 0 amide bonds. The molecule has 1 unspecified atom stereocenters. The molecule has 2 aromatic carbocycles. The summed E-state index contributed by atoms with van der Waals surface area (Å²) in [6.45, 7) is 4.39. The Morgan fingerprint density at radius 1 is 0.950 bits per heavy atom. The predicted molar refractivity (Wildman–Crippen MR) is 88.4 cm³/mol. The lowest BCUT2D eigenvalue weighted by Gasteiger charge is -2.12. The number of anilines is 2. The van der Waals surface area contributed by atoms with Crippen molar-refractivity contribution in [3.8, 4) is 0 Å². The van der Waals surface area contributed by atoms with Crippen molar-refractivity contribution in [2.24, 2.45) is 0 Å². The third-order valence-electron chi connectivity index (χ3n) is 3.58. The van der Waals surface area contributed by atoms with Crippen LogP contribution in [0.1, 0.15) is 37.3 Å². The molecular formula is C18H22N2. The van der Waals surface area contributed by atoms with Gasteiger partial charge in [-0.05, 0) is 53.3 Å². The second-order valence-electron chi connectivity index (χ2n) is 5.12. The molecule has 1 atom stereocenters. The number of benzene rings is 2. The van der Waals surface area contributed by atoms with Crippen molar-refractivity contribution in [1.82, 2.24) is 0 Å². The Hall–Kier alpha value is -2.22. The minimum Gasteiger partial charge on any atom is -0.399 e. The van der Waals surface area contributed by atoms with Gasteiger partial charge in [-0.2, -0.15) is 0 Å². The van der Waals surface area contributed by atoms with E-state index in [4.69, 9.17) is 11.5 Å². The van der Waals surface area contributed by atoms with Crippen molar-refractivity contribution >= 4 is 16.9 Å². The molecule has 4 N–H and O–H groups in total. The molecular weight excluding hydrogens is 244 g/mol. The number of allylic oxidation sites excluding steroid dienone is 2. The van der Waals surface area contributed by atoms with E-state index in [1.54, 1.807) is 0 Å². The number of hydrogen-bond donors (Lipinski definition) is 2. The SMILES string of the molecule is CCC(=CC(C)c1ccc(N)cc1)c1ccc(N)cc1. The second kappa shape index (κ2) is 6.29. The van der Waals surface area contributed by atoms with Crippen LogP contribution in [0, 0.1) is 0 Å². The Labute approximate surface area is 121 Å². The fraction of sp³-hybridized carbons (Fsp3) is 0.222. The highest BCUT2D eigenvalue weighted by molar-refractivity contribution is 5.67. The Kier molecular flexibility index (Phi) is 4.46. The largest absolute Gasteiger partial charge is 0.399 e. The molecule has 2 rings (SSSR count). The van der Waals surface area contributed by atoms with E-state index in [0.717, 1.165) is 17.8 Å². The van der Waals surface area contributed by atoms with E-state index in [-0.39, 0.29) is 0 Å². The van der Waals surface area contributed by atoms with Gasteiger partial charge in [0, 0.05) is 11.4 Å². The number of nitrogens with two attached hydrogens (primary N) is 2. The highest BCUT2D eigenvalue weighted by Gasteiger charge is 2.05. The zero-order valence-corrected chi connectivity index (χ0v) is 12.1. The molecule has 2 nitrogen and oxygen atoms in total. The van der Waals surface area contributed by atoms with E-state index >= 15 is 0 Å². The summed E-state index contributed by atoms with van der Waals surface area (Å²) in [5.74, 6) is 0.364. The Bertz CT molecular complexity index is 580. The Balaban J connectivity index is 2.26. The average Bonchev–Trinajstić information content (AvgIpc) is 2.46. The summed E-state index contributed by atoms with van der Waals surface area (Å²) in [6, 6.07) is 16.2. The van der Waals surface area contributed by atoms with Gasteiger partial charge < -0.3 is 11.5 Å². The third kappa shape index (κ3) is 3.41. The lowest BCUT2D eigenvalue weighted by atomic mass is 9.94. The van der Waals surface area contributed by atoms with Gasteiger partial charge in [0.15, 0.2) is 0 Å². The van der Waals surface area contributed by atoms with E-state index in [9.17, 15) is 0 Å². The van der Waals surface area contributed by atoms with Gasteiger partial charge in [-0.25, -0.2) is 0 Å². The summed E-state index contributed by atoms with van der Waals surface area (Å²) in [5, 5.41) is 0. The predicted octanol–water partition coefficient (Wildman–Crippen LogP) is 4.45. The molecule has 0 heterocycles. The maximum Gasteiger partial charge on any atom is 0.0314 e. The second-order valence-corrected chi connectivity index (χ2v) is 5.12. The number of rotatable bonds is 4. The smallest absolute Gasteiger partial charge is 0.0314 e. The molecule has 20 heavy (non-hydrogen) atoms. The highest BCUT2D eigenvalue weighted by Crippen LogP contribution is 2.26. The lowest BCUT2D eigenvalue weighted by Crippen LogP contribution is -1.94. The van der Waals surface area contributed by atoms with E-state index in [2.05, 4.69) is 44.2 Å². The molecule has 0 aromatic heterocycles. The average molecular weight is 266 g/mol. The van der Waals surface area contributed by atoms with E-state index < -0.39 is 0 Å². The first-order chi connectivity index (χ1) is 9.60. The van der Waals surface area contributed by atoms with Crippen molar-refractivity contribution in [2.45, 2.75) is 26.2 Å². The van der Waals surface area contributed by atoms with E-state index in [1.165, 1.54) is 16.7 Å². The first-order valence-electron chi connectivity index (χ1n) is 7.02. The van der Waals surface area contributed by atoms with Crippen LogP contribution in [-0.4, -0.2) is 0 Å². The van der Waals surface area contributed by atoms with Crippen LogP contribution < -0.4 is 11.5 Å². The molecule has 0 spiro atoms. The van der Waals surface area contributed by atoms with E-state index in [0.29, 0.717) is 5.92 Å². The zero-order valence-electron chi connectivity index (χ0n) is 12.1. The molecule has 104 valence electrons. The molecule has 0 bridgehead atoms. The van der Waals surface area contributed by atoms with Crippen LogP contribution in [0.15, 0.2) is 54.6 Å². The van der Waals surface area contributed by atoms with Crippen LogP contribution in [0.3, 0.4) is 0 Å². The van der Waals surface area contributed by atoms with Gasteiger partial charge in [0.2, 0.25) is 0 Å². The molecule has 0 aliphatic heterocycles. The Morgan fingerprint density at radius 2 is 1.45 bits per heavy atom. The summed E-state index contributed by atoms with van der Waals surface area (Å²) in [7, 11) is 0. The summed E-state index contributed by atoms with van der Waals surface area (Å²) < 4.78 is 0. The normalized spacial score (nSPS) is 13.2. The maximum atomic E-state index is 5.74. The van der Waals surface area contributed by atoms with Crippen molar-refractivity contribution in [1.29, 1.82) is 0 Å². The third-order valence-corrected chi connectivity index (χ3v) is 3.58. The van der Waals surface area contributed by atoms with Crippen LogP contribution in [-0.2, 0) is 0 Å². The molecule has 0 aliphatic rings. The molecule has 0 fully saturated rings. The first-order valence-corrected chi connectivity index (χ1v) is 7.02.